The van der Waals surface area contributed by atoms with Crippen molar-refractivity contribution in [2.75, 3.05) is 0 Å². The zero-order valence-electron chi connectivity index (χ0n) is 33.1. The summed E-state index contributed by atoms with van der Waals surface area (Å²) < 4.78 is 6.51. The second-order valence-corrected chi connectivity index (χ2v) is 16.4. The van der Waals surface area contributed by atoms with Crippen molar-refractivity contribution in [1.29, 1.82) is 0 Å². The van der Waals surface area contributed by atoms with Gasteiger partial charge in [-0.25, -0.2) is 15.0 Å². The molecule has 1 aliphatic rings. The summed E-state index contributed by atoms with van der Waals surface area (Å²) in [5.74, 6) is 1.86. The predicted molar refractivity (Wildman–Crippen MR) is 247 cm³/mol. The van der Waals surface area contributed by atoms with Crippen LogP contribution in [0.3, 0.4) is 0 Å². The summed E-state index contributed by atoms with van der Waals surface area (Å²) in [6.07, 6.45) is 0. The van der Waals surface area contributed by atoms with E-state index in [4.69, 9.17) is 19.4 Å². The molecule has 0 saturated carbocycles. The van der Waals surface area contributed by atoms with E-state index < -0.39 is 0 Å². The van der Waals surface area contributed by atoms with E-state index in [0.29, 0.717) is 17.5 Å². The molecule has 0 aliphatic heterocycles. The highest BCUT2D eigenvalue weighted by atomic mass is 16.3. The van der Waals surface area contributed by atoms with E-state index in [2.05, 4.69) is 129 Å². The molecule has 11 aromatic rings. The van der Waals surface area contributed by atoms with Crippen molar-refractivity contribution in [2.45, 2.75) is 19.3 Å². The zero-order valence-corrected chi connectivity index (χ0v) is 33.1. The summed E-state index contributed by atoms with van der Waals surface area (Å²) in [4.78, 5) is 15.1. The van der Waals surface area contributed by atoms with Gasteiger partial charge in [0, 0.05) is 32.9 Å². The van der Waals surface area contributed by atoms with E-state index in [1.165, 1.54) is 54.9 Å². The highest BCUT2D eigenvalue weighted by Gasteiger charge is 2.36. The molecule has 0 unspecified atom stereocenters. The van der Waals surface area contributed by atoms with Crippen LogP contribution >= 0.6 is 0 Å². The third kappa shape index (κ3) is 5.34. The Labute approximate surface area is 347 Å². The molecule has 60 heavy (non-hydrogen) atoms. The first kappa shape index (κ1) is 34.4. The lowest BCUT2D eigenvalue weighted by molar-refractivity contribution is 0.660. The molecule has 0 saturated heterocycles. The molecule has 0 amide bonds. The molecule has 0 atom stereocenters. The van der Waals surface area contributed by atoms with Gasteiger partial charge in [-0.05, 0) is 96.4 Å². The van der Waals surface area contributed by atoms with Gasteiger partial charge in [-0.2, -0.15) is 0 Å². The van der Waals surface area contributed by atoms with Crippen LogP contribution in [0.5, 0.6) is 0 Å². The molecule has 0 bridgehead atoms. The number of aromatic nitrogens is 3. The Morgan fingerprint density at radius 2 is 0.883 bits per heavy atom. The molecule has 0 N–H and O–H groups in total. The minimum atomic E-state index is -0.0515. The molecule has 2 heterocycles. The van der Waals surface area contributed by atoms with Crippen molar-refractivity contribution in [3.8, 4) is 67.5 Å². The molecular weight excluding hydrogens is 731 g/mol. The van der Waals surface area contributed by atoms with E-state index in [9.17, 15) is 0 Å². The fourth-order valence-electron chi connectivity index (χ4n) is 9.51. The molecule has 282 valence electrons. The van der Waals surface area contributed by atoms with Crippen molar-refractivity contribution in [1.82, 2.24) is 15.0 Å². The number of hydrogen-bond donors (Lipinski definition) is 0. The van der Waals surface area contributed by atoms with Crippen molar-refractivity contribution in [3.05, 3.63) is 199 Å². The van der Waals surface area contributed by atoms with Gasteiger partial charge in [-0.1, -0.05) is 172 Å². The first-order valence-corrected chi connectivity index (χ1v) is 20.5. The Morgan fingerprint density at radius 3 is 1.60 bits per heavy atom. The van der Waals surface area contributed by atoms with Gasteiger partial charge >= 0.3 is 0 Å². The number of fused-ring (bicyclic) bond motifs is 9. The Kier molecular flexibility index (Phi) is 7.54. The van der Waals surface area contributed by atoms with Crippen molar-refractivity contribution >= 4 is 43.5 Å². The maximum atomic E-state index is 6.51. The second-order valence-electron chi connectivity index (χ2n) is 16.4. The molecule has 1 aliphatic carbocycles. The normalized spacial score (nSPS) is 13.0. The van der Waals surface area contributed by atoms with Gasteiger partial charge < -0.3 is 4.42 Å². The van der Waals surface area contributed by atoms with Crippen molar-refractivity contribution < 1.29 is 4.42 Å². The van der Waals surface area contributed by atoms with E-state index >= 15 is 0 Å². The molecule has 4 heteroatoms. The fraction of sp³-hybridized carbons (Fsp3) is 0.0536. The largest absolute Gasteiger partial charge is 0.456 e. The van der Waals surface area contributed by atoms with Crippen LogP contribution in [-0.4, -0.2) is 15.0 Å². The van der Waals surface area contributed by atoms with Gasteiger partial charge in [0.15, 0.2) is 17.5 Å². The molecule has 12 rings (SSSR count). The molecular formula is C56H37N3O. The lowest BCUT2D eigenvalue weighted by Gasteiger charge is -2.21. The summed E-state index contributed by atoms with van der Waals surface area (Å²) in [6, 6.07) is 66.8. The molecule has 0 fully saturated rings. The average Bonchev–Trinajstić information content (AvgIpc) is 3.80. The maximum Gasteiger partial charge on any atom is 0.164 e. The fourth-order valence-corrected chi connectivity index (χ4v) is 9.51. The van der Waals surface area contributed by atoms with Crippen LogP contribution < -0.4 is 0 Å². The molecule has 2 aromatic heterocycles. The van der Waals surface area contributed by atoms with Gasteiger partial charge in [0.1, 0.15) is 11.2 Å². The van der Waals surface area contributed by atoms with Crippen molar-refractivity contribution in [2.24, 2.45) is 0 Å². The quantitative estimate of drug-likeness (QED) is 0.164. The number of rotatable bonds is 5. The minimum Gasteiger partial charge on any atom is -0.456 e. The third-order valence-electron chi connectivity index (χ3n) is 12.5. The van der Waals surface area contributed by atoms with Gasteiger partial charge in [0.25, 0.3) is 0 Å². The van der Waals surface area contributed by atoms with E-state index in [1.54, 1.807) is 0 Å². The molecule has 9 aromatic carbocycles. The van der Waals surface area contributed by atoms with Crippen LogP contribution in [0.2, 0.25) is 0 Å². The third-order valence-corrected chi connectivity index (χ3v) is 12.5. The first-order valence-electron chi connectivity index (χ1n) is 20.5. The Morgan fingerprint density at radius 1 is 0.367 bits per heavy atom. The van der Waals surface area contributed by atoms with Crippen LogP contribution in [0.25, 0.3) is 111 Å². The first-order chi connectivity index (χ1) is 29.5. The van der Waals surface area contributed by atoms with E-state index in [1.807, 2.05) is 72.8 Å². The van der Waals surface area contributed by atoms with Crippen molar-refractivity contribution in [3.63, 3.8) is 0 Å². The number of furan rings is 1. The zero-order chi connectivity index (χ0) is 40.0. The maximum absolute atomic E-state index is 6.51. The Bertz CT molecular complexity index is 3450. The Hall–Kier alpha value is -7.69. The summed E-state index contributed by atoms with van der Waals surface area (Å²) in [5, 5.41) is 6.90. The van der Waals surface area contributed by atoms with Crippen LogP contribution in [0, 0.1) is 0 Å². The van der Waals surface area contributed by atoms with Gasteiger partial charge in [-0.3, -0.25) is 0 Å². The van der Waals surface area contributed by atoms with E-state index in [0.717, 1.165) is 49.8 Å². The van der Waals surface area contributed by atoms with Gasteiger partial charge in [0.05, 0.1) is 0 Å². The standard InChI is InChI=1S/C56H37N3O/c1-56(2)47-20-10-9-17-42(47)51-41(18-11-21-48(51)56)40-28-26-35-24-23-34-25-27-38(31-44(34)45(35)33-40)39-29-30-49-46(32-39)52-43(19-12-22-50(52)60-49)55-58-53(36-13-5-3-6-14-36)57-54(59-55)37-15-7-4-8-16-37/h3-33H,1-2H3. The average molecular weight is 768 g/mol. The lowest BCUT2D eigenvalue weighted by atomic mass is 9.82. The predicted octanol–water partition coefficient (Wildman–Crippen LogP) is 14.7. The Balaban J connectivity index is 1.01. The number of nitrogens with zero attached hydrogens (tertiary/aromatic N) is 3. The summed E-state index contributed by atoms with van der Waals surface area (Å²) in [5.41, 5.74) is 14.5. The lowest BCUT2D eigenvalue weighted by Crippen LogP contribution is -2.14. The van der Waals surface area contributed by atoms with Crippen LogP contribution in [0.1, 0.15) is 25.0 Å². The summed E-state index contributed by atoms with van der Waals surface area (Å²) >= 11 is 0. The highest BCUT2D eigenvalue weighted by Crippen LogP contribution is 2.52. The SMILES string of the molecule is CC1(C)c2ccccc2-c2c(-c3ccc4ccc5ccc(-c6ccc7oc8cccc(-c9nc(-c%10ccccc%10)nc(-c%10ccccc%10)n9)c8c7c6)cc5c4c3)cccc21. The topological polar surface area (TPSA) is 51.8 Å². The van der Waals surface area contributed by atoms with Crippen LogP contribution in [0.4, 0.5) is 0 Å². The minimum absolute atomic E-state index is 0.0515. The van der Waals surface area contributed by atoms with Gasteiger partial charge in [-0.15, -0.1) is 0 Å². The monoisotopic (exact) mass is 767 g/mol. The van der Waals surface area contributed by atoms with Crippen LogP contribution in [0.15, 0.2) is 192 Å². The highest BCUT2D eigenvalue weighted by molar-refractivity contribution is 6.14. The molecule has 4 nitrogen and oxygen atoms in total. The second kappa shape index (κ2) is 13.2. The van der Waals surface area contributed by atoms with Gasteiger partial charge in [0.2, 0.25) is 0 Å². The summed E-state index contributed by atoms with van der Waals surface area (Å²) in [7, 11) is 0. The smallest absolute Gasteiger partial charge is 0.164 e. The number of hydrogen-bond acceptors (Lipinski definition) is 4. The summed E-state index contributed by atoms with van der Waals surface area (Å²) in [6.45, 7) is 4.69. The van der Waals surface area contributed by atoms with E-state index in [-0.39, 0.29) is 5.41 Å². The molecule has 0 spiro atoms. The van der Waals surface area contributed by atoms with Crippen LogP contribution in [-0.2, 0) is 5.41 Å². The molecule has 0 radical (unpaired) electrons. The number of benzene rings is 9.